The average molecular weight is 313 g/mol. The molecular formula is C17H12FNO4. The van der Waals surface area contributed by atoms with Crippen LogP contribution in [0.2, 0.25) is 0 Å². The van der Waals surface area contributed by atoms with Gasteiger partial charge in [-0.3, -0.25) is 0 Å². The number of aromatic carboxylic acids is 1. The Morgan fingerprint density at radius 2 is 1.91 bits per heavy atom. The zero-order valence-corrected chi connectivity index (χ0v) is 11.9. The van der Waals surface area contributed by atoms with Crippen LogP contribution in [0.5, 0.6) is 5.75 Å². The lowest BCUT2D eigenvalue weighted by molar-refractivity contribution is 0.0652. The minimum atomic E-state index is -1.17. The first-order chi connectivity index (χ1) is 11.1. The molecule has 0 amide bonds. The standard InChI is InChI=1S/C17H12FNO4/c18-14-4-2-1-3-12(14)10-22-13-7-5-11(6-8-13)15-9-16(17(20)21)23-19-15/h1-9H,10H2,(H,20,21). The fraction of sp³-hybridized carbons (Fsp3) is 0.0588. The van der Waals surface area contributed by atoms with Gasteiger partial charge in [0.1, 0.15) is 23.9 Å². The summed E-state index contributed by atoms with van der Waals surface area (Å²) in [5.74, 6) is -1.14. The summed E-state index contributed by atoms with van der Waals surface area (Å²) in [6.45, 7) is 0.124. The molecule has 0 atom stereocenters. The summed E-state index contributed by atoms with van der Waals surface area (Å²) in [6, 6.07) is 14.6. The molecule has 1 heterocycles. The topological polar surface area (TPSA) is 72.6 Å². The largest absolute Gasteiger partial charge is 0.489 e. The van der Waals surface area contributed by atoms with E-state index in [1.54, 1.807) is 42.5 Å². The summed E-state index contributed by atoms with van der Waals surface area (Å²) < 4.78 is 23.7. The van der Waals surface area contributed by atoms with Crippen LogP contribution in [0.15, 0.2) is 59.1 Å². The third-order valence-electron chi connectivity index (χ3n) is 3.22. The van der Waals surface area contributed by atoms with E-state index in [9.17, 15) is 9.18 Å². The number of nitrogens with zero attached hydrogens (tertiary/aromatic N) is 1. The fourth-order valence-electron chi connectivity index (χ4n) is 2.01. The van der Waals surface area contributed by atoms with Crippen molar-refractivity contribution in [3.05, 3.63) is 71.7 Å². The van der Waals surface area contributed by atoms with E-state index in [0.717, 1.165) is 0 Å². The molecule has 0 saturated heterocycles. The summed E-state index contributed by atoms with van der Waals surface area (Å²) in [6.07, 6.45) is 0. The maximum absolute atomic E-state index is 13.5. The predicted octanol–water partition coefficient (Wildman–Crippen LogP) is 3.76. The molecule has 6 heteroatoms. The van der Waals surface area contributed by atoms with E-state index in [-0.39, 0.29) is 18.2 Å². The van der Waals surface area contributed by atoms with Gasteiger partial charge in [0.15, 0.2) is 0 Å². The van der Waals surface area contributed by atoms with Crippen molar-refractivity contribution < 1.29 is 23.6 Å². The first-order valence-corrected chi connectivity index (χ1v) is 6.80. The average Bonchev–Trinajstić information content (AvgIpc) is 3.05. The predicted molar refractivity (Wildman–Crippen MR) is 79.6 cm³/mol. The maximum Gasteiger partial charge on any atom is 0.374 e. The monoisotopic (exact) mass is 313 g/mol. The Hall–Kier alpha value is -3.15. The van der Waals surface area contributed by atoms with E-state index in [0.29, 0.717) is 22.6 Å². The Morgan fingerprint density at radius 3 is 2.57 bits per heavy atom. The normalized spacial score (nSPS) is 10.5. The molecule has 0 bridgehead atoms. The number of hydrogen-bond acceptors (Lipinski definition) is 4. The van der Waals surface area contributed by atoms with Crippen molar-refractivity contribution in [1.82, 2.24) is 5.16 Å². The lowest BCUT2D eigenvalue weighted by Crippen LogP contribution is -1.98. The van der Waals surface area contributed by atoms with E-state index >= 15 is 0 Å². The molecule has 0 aliphatic heterocycles. The number of ether oxygens (including phenoxy) is 1. The summed E-state index contributed by atoms with van der Waals surface area (Å²) in [5.41, 5.74) is 1.58. The number of carboxylic acids is 1. The van der Waals surface area contributed by atoms with E-state index < -0.39 is 5.97 Å². The lowest BCUT2D eigenvalue weighted by Gasteiger charge is -2.07. The second-order valence-electron chi connectivity index (χ2n) is 4.79. The molecule has 0 aliphatic rings. The summed E-state index contributed by atoms with van der Waals surface area (Å²) in [5, 5.41) is 12.5. The SMILES string of the molecule is O=C(O)c1cc(-c2ccc(OCc3ccccc3F)cc2)no1. The Bertz CT molecular complexity index is 827. The van der Waals surface area contributed by atoms with Crippen LogP contribution in [0, 0.1) is 5.82 Å². The van der Waals surface area contributed by atoms with Gasteiger partial charge in [0.25, 0.3) is 0 Å². The molecule has 1 N–H and O–H groups in total. The fourth-order valence-corrected chi connectivity index (χ4v) is 2.01. The Morgan fingerprint density at radius 1 is 1.17 bits per heavy atom. The van der Waals surface area contributed by atoms with Gasteiger partial charge in [0.2, 0.25) is 5.76 Å². The van der Waals surface area contributed by atoms with Crippen LogP contribution >= 0.6 is 0 Å². The van der Waals surface area contributed by atoms with Gasteiger partial charge >= 0.3 is 5.97 Å². The molecule has 23 heavy (non-hydrogen) atoms. The smallest absolute Gasteiger partial charge is 0.374 e. The molecular weight excluding hydrogens is 301 g/mol. The van der Waals surface area contributed by atoms with Gasteiger partial charge in [-0.15, -0.1) is 0 Å². The van der Waals surface area contributed by atoms with Crippen LogP contribution in [-0.2, 0) is 6.61 Å². The molecule has 0 radical (unpaired) electrons. The zero-order chi connectivity index (χ0) is 16.2. The quantitative estimate of drug-likeness (QED) is 0.776. The highest BCUT2D eigenvalue weighted by atomic mass is 19.1. The first-order valence-electron chi connectivity index (χ1n) is 6.80. The molecule has 3 aromatic rings. The Labute approximate surface area is 130 Å². The van der Waals surface area contributed by atoms with Crippen LogP contribution in [0.1, 0.15) is 16.1 Å². The Kier molecular flexibility index (Phi) is 4.05. The van der Waals surface area contributed by atoms with Crippen molar-refractivity contribution in [2.75, 3.05) is 0 Å². The highest BCUT2D eigenvalue weighted by Gasteiger charge is 2.12. The van der Waals surface area contributed by atoms with E-state index in [4.69, 9.17) is 14.4 Å². The van der Waals surface area contributed by atoms with Crippen LogP contribution in [0.25, 0.3) is 11.3 Å². The minimum absolute atomic E-state index is 0.124. The summed E-state index contributed by atoms with van der Waals surface area (Å²) in [4.78, 5) is 10.8. The first kappa shape index (κ1) is 14.8. The van der Waals surface area contributed by atoms with Crippen LogP contribution < -0.4 is 4.74 Å². The van der Waals surface area contributed by atoms with Crippen LogP contribution in [0.3, 0.4) is 0 Å². The van der Waals surface area contributed by atoms with Gasteiger partial charge in [-0.1, -0.05) is 23.4 Å². The molecule has 1 aromatic heterocycles. The van der Waals surface area contributed by atoms with Crippen molar-refractivity contribution >= 4 is 5.97 Å². The second kappa shape index (κ2) is 6.31. The van der Waals surface area contributed by atoms with E-state index in [1.165, 1.54) is 12.1 Å². The molecule has 0 saturated carbocycles. The van der Waals surface area contributed by atoms with Gasteiger partial charge in [0, 0.05) is 17.2 Å². The van der Waals surface area contributed by atoms with Crippen LogP contribution in [-0.4, -0.2) is 16.2 Å². The maximum atomic E-state index is 13.5. The molecule has 0 aliphatic carbocycles. The zero-order valence-electron chi connectivity index (χ0n) is 11.9. The molecule has 3 rings (SSSR count). The van der Waals surface area contributed by atoms with Crippen molar-refractivity contribution in [1.29, 1.82) is 0 Å². The van der Waals surface area contributed by atoms with E-state index in [1.807, 2.05) is 0 Å². The van der Waals surface area contributed by atoms with Crippen molar-refractivity contribution in [3.63, 3.8) is 0 Å². The Balaban J connectivity index is 1.69. The molecule has 0 unspecified atom stereocenters. The van der Waals surface area contributed by atoms with Gasteiger partial charge in [-0.25, -0.2) is 9.18 Å². The number of benzene rings is 2. The van der Waals surface area contributed by atoms with Gasteiger partial charge in [-0.05, 0) is 30.3 Å². The number of carbonyl (C=O) groups is 1. The second-order valence-corrected chi connectivity index (χ2v) is 4.79. The van der Waals surface area contributed by atoms with Crippen molar-refractivity contribution in [2.24, 2.45) is 0 Å². The molecule has 116 valence electrons. The van der Waals surface area contributed by atoms with Crippen molar-refractivity contribution in [2.45, 2.75) is 6.61 Å². The third-order valence-corrected chi connectivity index (χ3v) is 3.22. The highest BCUT2D eigenvalue weighted by Crippen LogP contribution is 2.23. The summed E-state index contributed by atoms with van der Waals surface area (Å²) in [7, 11) is 0. The summed E-state index contributed by atoms with van der Waals surface area (Å²) >= 11 is 0. The van der Waals surface area contributed by atoms with Crippen LogP contribution in [0.4, 0.5) is 4.39 Å². The van der Waals surface area contributed by atoms with Gasteiger partial charge in [0.05, 0.1) is 0 Å². The molecule has 0 spiro atoms. The number of rotatable bonds is 5. The molecule has 5 nitrogen and oxygen atoms in total. The minimum Gasteiger partial charge on any atom is -0.489 e. The number of halogens is 1. The molecule has 0 fully saturated rings. The highest BCUT2D eigenvalue weighted by molar-refractivity contribution is 5.85. The number of hydrogen-bond donors (Lipinski definition) is 1. The third kappa shape index (κ3) is 3.37. The molecule has 2 aromatic carbocycles. The van der Waals surface area contributed by atoms with Crippen molar-refractivity contribution in [3.8, 4) is 17.0 Å². The lowest BCUT2D eigenvalue weighted by atomic mass is 10.1. The number of aromatic nitrogens is 1. The van der Waals surface area contributed by atoms with Gasteiger partial charge in [-0.2, -0.15) is 0 Å². The number of carboxylic acid groups (broad SMARTS) is 1. The van der Waals surface area contributed by atoms with Gasteiger partial charge < -0.3 is 14.4 Å². The van der Waals surface area contributed by atoms with E-state index in [2.05, 4.69) is 5.16 Å².